The zero-order valence-electron chi connectivity index (χ0n) is 12.3. The number of carbonyl (C=O) groups excluding carboxylic acids is 1. The normalized spacial score (nSPS) is 23.0. The standard InChI is InChI=1S/C15H27NO3/c1-12(2)10-16(13-5-6-13)15(17)7-9-18-11-14-4-3-8-19-14/h12-14H,3-11H2,1-2H3. The van der Waals surface area contributed by atoms with Crippen molar-refractivity contribution in [2.45, 2.75) is 58.1 Å². The lowest BCUT2D eigenvalue weighted by Crippen LogP contribution is -2.36. The number of ether oxygens (including phenoxy) is 2. The Morgan fingerprint density at radius 3 is 2.74 bits per heavy atom. The highest BCUT2D eigenvalue weighted by Gasteiger charge is 2.32. The molecule has 1 unspecified atom stereocenters. The second kappa shape index (κ2) is 7.25. The molecule has 19 heavy (non-hydrogen) atoms. The summed E-state index contributed by atoms with van der Waals surface area (Å²) in [5.74, 6) is 0.792. The van der Waals surface area contributed by atoms with Crippen molar-refractivity contribution in [3.8, 4) is 0 Å². The van der Waals surface area contributed by atoms with Gasteiger partial charge in [-0.1, -0.05) is 13.8 Å². The predicted octanol–water partition coefficient (Wildman–Crippen LogP) is 2.22. The van der Waals surface area contributed by atoms with E-state index >= 15 is 0 Å². The third-order valence-electron chi connectivity index (χ3n) is 3.66. The lowest BCUT2D eigenvalue weighted by atomic mass is 10.2. The fourth-order valence-corrected chi connectivity index (χ4v) is 2.53. The van der Waals surface area contributed by atoms with Crippen molar-refractivity contribution in [2.75, 3.05) is 26.4 Å². The Labute approximate surface area is 116 Å². The van der Waals surface area contributed by atoms with Crippen LogP contribution in [0.4, 0.5) is 0 Å². The van der Waals surface area contributed by atoms with Crippen LogP contribution in [0.15, 0.2) is 0 Å². The van der Waals surface area contributed by atoms with Crippen LogP contribution in [0.25, 0.3) is 0 Å². The van der Waals surface area contributed by atoms with E-state index in [4.69, 9.17) is 9.47 Å². The van der Waals surface area contributed by atoms with E-state index in [1.165, 1.54) is 12.8 Å². The van der Waals surface area contributed by atoms with Gasteiger partial charge in [-0.2, -0.15) is 0 Å². The van der Waals surface area contributed by atoms with E-state index in [0.29, 0.717) is 31.6 Å². The van der Waals surface area contributed by atoms with Crippen LogP contribution in [0.5, 0.6) is 0 Å². The van der Waals surface area contributed by atoms with Gasteiger partial charge in [0, 0.05) is 19.2 Å². The quantitative estimate of drug-likeness (QED) is 0.634. The fraction of sp³-hybridized carbons (Fsp3) is 0.933. The first-order chi connectivity index (χ1) is 9.16. The summed E-state index contributed by atoms with van der Waals surface area (Å²) in [5.41, 5.74) is 0. The average molecular weight is 269 g/mol. The molecular formula is C15H27NO3. The van der Waals surface area contributed by atoms with E-state index in [2.05, 4.69) is 18.7 Å². The van der Waals surface area contributed by atoms with Crippen LogP contribution in [0.2, 0.25) is 0 Å². The van der Waals surface area contributed by atoms with E-state index < -0.39 is 0 Å². The zero-order valence-corrected chi connectivity index (χ0v) is 12.3. The molecule has 0 aromatic rings. The van der Waals surface area contributed by atoms with E-state index in [-0.39, 0.29) is 12.0 Å². The van der Waals surface area contributed by atoms with Crippen molar-refractivity contribution >= 4 is 5.91 Å². The number of hydrogen-bond acceptors (Lipinski definition) is 3. The van der Waals surface area contributed by atoms with Gasteiger partial charge >= 0.3 is 0 Å². The van der Waals surface area contributed by atoms with Gasteiger partial charge in [0.15, 0.2) is 0 Å². The van der Waals surface area contributed by atoms with Crippen molar-refractivity contribution in [1.82, 2.24) is 4.90 Å². The summed E-state index contributed by atoms with van der Waals surface area (Å²) in [5, 5.41) is 0. The van der Waals surface area contributed by atoms with Gasteiger partial charge in [0.05, 0.1) is 25.7 Å². The molecule has 4 nitrogen and oxygen atoms in total. The molecule has 2 fully saturated rings. The molecule has 1 saturated heterocycles. The highest BCUT2D eigenvalue weighted by molar-refractivity contribution is 5.77. The van der Waals surface area contributed by atoms with Crippen LogP contribution in [-0.4, -0.2) is 49.3 Å². The van der Waals surface area contributed by atoms with Crippen molar-refractivity contribution in [1.29, 1.82) is 0 Å². The van der Waals surface area contributed by atoms with Gasteiger partial charge in [0.25, 0.3) is 0 Å². The first-order valence-corrected chi connectivity index (χ1v) is 7.65. The maximum absolute atomic E-state index is 12.2. The van der Waals surface area contributed by atoms with Gasteiger partial charge in [-0.05, 0) is 31.6 Å². The SMILES string of the molecule is CC(C)CN(C(=O)CCOCC1CCCO1)C1CC1. The van der Waals surface area contributed by atoms with Crippen molar-refractivity contribution < 1.29 is 14.3 Å². The van der Waals surface area contributed by atoms with Gasteiger partial charge < -0.3 is 14.4 Å². The van der Waals surface area contributed by atoms with Crippen LogP contribution < -0.4 is 0 Å². The first kappa shape index (κ1) is 14.8. The van der Waals surface area contributed by atoms with Gasteiger partial charge in [-0.25, -0.2) is 0 Å². The largest absolute Gasteiger partial charge is 0.378 e. The molecule has 1 saturated carbocycles. The molecule has 1 aliphatic carbocycles. The van der Waals surface area contributed by atoms with Crippen molar-refractivity contribution in [3.63, 3.8) is 0 Å². The van der Waals surface area contributed by atoms with E-state index in [0.717, 1.165) is 26.0 Å². The van der Waals surface area contributed by atoms with Crippen molar-refractivity contribution in [2.24, 2.45) is 5.92 Å². The minimum atomic E-state index is 0.253. The Morgan fingerprint density at radius 1 is 1.37 bits per heavy atom. The summed E-state index contributed by atoms with van der Waals surface area (Å²) in [7, 11) is 0. The number of hydrogen-bond donors (Lipinski definition) is 0. The molecule has 1 amide bonds. The minimum absolute atomic E-state index is 0.253. The highest BCUT2D eigenvalue weighted by atomic mass is 16.5. The number of carbonyl (C=O) groups is 1. The van der Waals surface area contributed by atoms with E-state index in [1.54, 1.807) is 0 Å². The molecule has 0 aromatic carbocycles. The zero-order chi connectivity index (χ0) is 13.7. The van der Waals surface area contributed by atoms with Gasteiger partial charge in [-0.3, -0.25) is 4.79 Å². The summed E-state index contributed by atoms with van der Waals surface area (Å²) in [4.78, 5) is 14.2. The highest BCUT2D eigenvalue weighted by Crippen LogP contribution is 2.28. The Morgan fingerprint density at radius 2 is 2.16 bits per heavy atom. The van der Waals surface area contributed by atoms with Gasteiger partial charge in [0.2, 0.25) is 5.91 Å². The van der Waals surface area contributed by atoms with Crippen LogP contribution in [0.1, 0.15) is 46.0 Å². The summed E-state index contributed by atoms with van der Waals surface area (Å²) in [6, 6.07) is 0.507. The molecule has 110 valence electrons. The molecule has 1 aliphatic heterocycles. The summed E-state index contributed by atoms with van der Waals surface area (Å²) in [6.07, 6.45) is 5.34. The molecule has 1 heterocycles. The molecule has 0 N–H and O–H groups in total. The number of rotatable bonds is 8. The summed E-state index contributed by atoms with van der Waals surface area (Å²) < 4.78 is 11.1. The van der Waals surface area contributed by atoms with Gasteiger partial charge in [-0.15, -0.1) is 0 Å². The smallest absolute Gasteiger partial charge is 0.225 e. The van der Waals surface area contributed by atoms with E-state index in [9.17, 15) is 4.79 Å². The van der Waals surface area contributed by atoms with Crippen LogP contribution in [-0.2, 0) is 14.3 Å². The Kier molecular flexibility index (Phi) is 5.64. The number of nitrogens with zero attached hydrogens (tertiary/aromatic N) is 1. The monoisotopic (exact) mass is 269 g/mol. The minimum Gasteiger partial charge on any atom is -0.378 e. The molecule has 0 spiro atoms. The topological polar surface area (TPSA) is 38.8 Å². The average Bonchev–Trinajstić information content (AvgIpc) is 3.08. The second-order valence-corrected chi connectivity index (χ2v) is 6.13. The van der Waals surface area contributed by atoms with Crippen LogP contribution in [0.3, 0.4) is 0 Å². The Hall–Kier alpha value is -0.610. The van der Waals surface area contributed by atoms with E-state index in [1.807, 2.05) is 0 Å². The van der Waals surface area contributed by atoms with Crippen LogP contribution >= 0.6 is 0 Å². The Balaban J connectivity index is 1.61. The lowest BCUT2D eigenvalue weighted by molar-refractivity contribution is -0.133. The molecule has 4 heteroatoms. The molecule has 0 bridgehead atoms. The molecule has 1 atom stereocenters. The fourth-order valence-electron chi connectivity index (χ4n) is 2.53. The lowest BCUT2D eigenvalue weighted by Gasteiger charge is -2.24. The predicted molar refractivity (Wildman–Crippen MR) is 74.0 cm³/mol. The van der Waals surface area contributed by atoms with Gasteiger partial charge in [0.1, 0.15) is 0 Å². The van der Waals surface area contributed by atoms with Crippen LogP contribution in [0, 0.1) is 5.92 Å². The Bertz CT molecular complexity index is 283. The molecule has 0 aromatic heterocycles. The third-order valence-corrected chi connectivity index (χ3v) is 3.66. The third kappa shape index (κ3) is 5.11. The maximum atomic E-state index is 12.2. The number of amides is 1. The molecule has 2 aliphatic rings. The molecular weight excluding hydrogens is 242 g/mol. The second-order valence-electron chi connectivity index (χ2n) is 6.13. The maximum Gasteiger partial charge on any atom is 0.225 e. The molecule has 0 radical (unpaired) electrons. The summed E-state index contributed by atoms with van der Waals surface area (Å²) >= 11 is 0. The first-order valence-electron chi connectivity index (χ1n) is 7.65. The summed E-state index contributed by atoms with van der Waals surface area (Å²) in [6.45, 7) is 7.24. The molecule has 2 rings (SSSR count). The van der Waals surface area contributed by atoms with Crippen molar-refractivity contribution in [3.05, 3.63) is 0 Å².